The molecule has 0 aliphatic rings. The van der Waals surface area contributed by atoms with E-state index in [9.17, 15) is 9.90 Å². The molecule has 8 heteroatoms. The number of hydrogen-bond acceptors (Lipinski definition) is 6. The number of rotatable bonds is 5. The van der Waals surface area contributed by atoms with Gasteiger partial charge in [-0.25, -0.2) is 19.7 Å². The van der Waals surface area contributed by atoms with E-state index in [1.807, 2.05) is 13.8 Å². The predicted molar refractivity (Wildman–Crippen MR) is 117 cm³/mol. The Bertz CT molecular complexity index is 1290. The molecule has 3 heterocycles. The smallest absolute Gasteiger partial charge is 0.356 e. The zero-order valence-corrected chi connectivity index (χ0v) is 17.5. The Kier molecular flexibility index (Phi) is 5.22. The third kappa shape index (κ3) is 3.52. The van der Waals surface area contributed by atoms with Crippen LogP contribution in [0.15, 0.2) is 36.8 Å². The highest BCUT2D eigenvalue weighted by molar-refractivity contribution is 6.29. The van der Waals surface area contributed by atoms with Gasteiger partial charge in [0, 0.05) is 22.5 Å². The van der Waals surface area contributed by atoms with Crippen LogP contribution in [0.5, 0.6) is 0 Å². The van der Waals surface area contributed by atoms with Gasteiger partial charge in [0.25, 0.3) is 0 Å². The van der Waals surface area contributed by atoms with Gasteiger partial charge in [0.1, 0.15) is 11.5 Å². The van der Waals surface area contributed by atoms with Crippen LogP contribution >= 0.6 is 11.6 Å². The van der Waals surface area contributed by atoms with Gasteiger partial charge in [0.15, 0.2) is 5.69 Å². The molecule has 0 saturated heterocycles. The number of carboxylic acid groups (broad SMARTS) is 1. The number of nitrogens with zero attached hydrogens (tertiary/aromatic N) is 4. The van der Waals surface area contributed by atoms with Crippen molar-refractivity contribution in [1.82, 2.24) is 19.9 Å². The SMILES string of the molecule is CCc1nc2c([C@@H](C)Nc3ccc(Cl)nc3C(=O)O)cc(C)cc2c2ncncc12. The van der Waals surface area contributed by atoms with E-state index in [4.69, 9.17) is 16.6 Å². The highest BCUT2D eigenvalue weighted by atomic mass is 35.5. The van der Waals surface area contributed by atoms with Crippen LogP contribution < -0.4 is 5.32 Å². The van der Waals surface area contributed by atoms with E-state index in [0.717, 1.165) is 45.0 Å². The Labute approximate surface area is 178 Å². The fourth-order valence-electron chi connectivity index (χ4n) is 3.69. The molecule has 0 bridgehead atoms. The van der Waals surface area contributed by atoms with Crippen molar-refractivity contribution in [1.29, 1.82) is 0 Å². The summed E-state index contributed by atoms with van der Waals surface area (Å²) < 4.78 is 0. The fourth-order valence-corrected chi connectivity index (χ4v) is 3.84. The van der Waals surface area contributed by atoms with Gasteiger partial charge in [-0.3, -0.25) is 4.98 Å². The normalized spacial score (nSPS) is 12.3. The number of anilines is 1. The number of aromatic carboxylic acids is 1. The number of halogens is 1. The van der Waals surface area contributed by atoms with Crippen molar-refractivity contribution in [2.45, 2.75) is 33.2 Å². The van der Waals surface area contributed by atoms with Gasteiger partial charge in [-0.2, -0.15) is 0 Å². The van der Waals surface area contributed by atoms with Crippen molar-refractivity contribution in [2.75, 3.05) is 5.32 Å². The highest BCUT2D eigenvalue weighted by Crippen LogP contribution is 2.32. The van der Waals surface area contributed by atoms with Crippen molar-refractivity contribution >= 4 is 45.1 Å². The summed E-state index contributed by atoms with van der Waals surface area (Å²) in [6.07, 6.45) is 4.10. The van der Waals surface area contributed by atoms with E-state index in [1.54, 1.807) is 24.7 Å². The lowest BCUT2D eigenvalue weighted by atomic mass is 9.98. The van der Waals surface area contributed by atoms with Gasteiger partial charge in [0.05, 0.1) is 28.5 Å². The topological polar surface area (TPSA) is 101 Å². The monoisotopic (exact) mass is 421 g/mol. The van der Waals surface area contributed by atoms with E-state index in [0.29, 0.717) is 5.69 Å². The molecule has 4 aromatic rings. The number of carboxylic acids is 1. The first-order valence-corrected chi connectivity index (χ1v) is 9.96. The van der Waals surface area contributed by atoms with Crippen molar-refractivity contribution in [3.8, 4) is 0 Å². The van der Waals surface area contributed by atoms with E-state index in [-0.39, 0.29) is 16.9 Å². The van der Waals surface area contributed by atoms with Gasteiger partial charge < -0.3 is 10.4 Å². The number of nitrogens with one attached hydrogen (secondary N) is 1. The molecule has 152 valence electrons. The molecule has 0 radical (unpaired) electrons. The number of carbonyl (C=O) groups is 1. The largest absolute Gasteiger partial charge is 0.476 e. The maximum absolute atomic E-state index is 11.6. The number of hydrogen-bond donors (Lipinski definition) is 2. The third-order valence-electron chi connectivity index (χ3n) is 5.05. The Hall–Kier alpha value is -3.32. The number of aryl methyl sites for hydroxylation is 2. The Morgan fingerprint density at radius 3 is 2.73 bits per heavy atom. The summed E-state index contributed by atoms with van der Waals surface area (Å²) >= 11 is 5.88. The third-order valence-corrected chi connectivity index (χ3v) is 5.26. The number of benzene rings is 1. The van der Waals surface area contributed by atoms with E-state index in [1.165, 1.54) is 0 Å². The molecule has 0 fully saturated rings. The molecule has 0 unspecified atom stereocenters. The summed E-state index contributed by atoms with van der Waals surface area (Å²) in [7, 11) is 0. The van der Waals surface area contributed by atoms with Crippen LogP contribution in [0.4, 0.5) is 5.69 Å². The minimum Gasteiger partial charge on any atom is -0.476 e. The quantitative estimate of drug-likeness (QED) is 0.346. The summed E-state index contributed by atoms with van der Waals surface area (Å²) in [4.78, 5) is 29.1. The summed E-state index contributed by atoms with van der Waals surface area (Å²) in [5, 5.41) is 14.8. The Morgan fingerprint density at radius 2 is 2.00 bits per heavy atom. The number of fused-ring (bicyclic) bond motifs is 3. The molecule has 0 spiro atoms. The summed E-state index contributed by atoms with van der Waals surface area (Å²) in [5.41, 5.74) is 4.91. The maximum Gasteiger partial charge on any atom is 0.356 e. The zero-order valence-electron chi connectivity index (χ0n) is 16.8. The van der Waals surface area contributed by atoms with Gasteiger partial charge >= 0.3 is 5.97 Å². The average molecular weight is 422 g/mol. The second-order valence-electron chi connectivity index (χ2n) is 7.15. The molecule has 2 N–H and O–H groups in total. The summed E-state index contributed by atoms with van der Waals surface area (Å²) in [6, 6.07) is 7.09. The van der Waals surface area contributed by atoms with Crippen molar-refractivity contribution in [3.05, 3.63) is 64.5 Å². The van der Waals surface area contributed by atoms with E-state index < -0.39 is 5.97 Å². The van der Waals surface area contributed by atoms with E-state index >= 15 is 0 Å². The molecule has 4 rings (SSSR count). The molecule has 0 saturated carbocycles. The first-order chi connectivity index (χ1) is 14.4. The van der Waals surface area contributed by atoms with Crippen LogP contribution in [0.25, 0.3) is 21.8 Å². The molecular formula is C22H20ClN5O2. The van der Waals surface area contributed by atoms with Gasteiger partial charge in [-0.1, -0.05) is 24.6 Å². The first kappa shape index (κ1) is 20.0. The van der Waals surface area contributed by atoms with Gasteiger partial charge in [-0.05, 0) is 44.0 Å². The standard InChI is InChI=1S/C22H20ClN5O2/c1-4-16-15-9-24-10-25-19(15)14-8-11(2)7-13(20(14)27-16)12(3)26-17-5-6-18(23)28-21(17)22(29)30/h5-10,12,26H,4H2,1-3H3,(H,29,30)/t12-/m1/s1. The average Bonchev–Trinajstić information content (AvgIpc) is 2.73. The van der Waals surface area contributed by atoms with Crippen LogP contribution in [-0.2, 0) is 6.42 Å². The molecule has 0 amide bonds. The number of aromatic nitrogens is 4. The van der Waals surface area contributed by atoms with Gasteiger partial charge in [0.2, 0.25) is 0 Å². The van der Waals surface area contributed by atoms with Crippen LogP contribution in [0, 0.1) is 6.92 Å². The maximum atomic E-state index is 11.6. The van der Waals surface area contributed by atoms with Crippen molar-refractivity contribution in [3.63, 3.8) is 0 Å². The van der Waals surface area contributed by atoms with Crippen molar-refractivity contribution < 1.29 is 9.90 Å². The second-order valence-corrected chi connectivity index (χ2v) is 7.54. The lowest BCUT2D eigenvalue weighted by Crippen LogP contribution is -2.13. The zero-order chi connectivity index (χ0) is 21.4. The highest BCUT2D eigenvalue weighted by Gasteiger charge is 2.19. The molecule has 0 aliphatic heterocycles. The Balaban J connectivity index is 1.89. The van der Waals surface area contributed by atoms with Gasteiger partial charge in [-0.15, -0.1) is 0 Å². The molecule has 1 aromatic carbocycles. The minimum absolute atomic E-state index is 0.119. The Morgan fingerprint density at radius 1 is 1.20 bits per heavy atom. The summed E-state index contributed by atoms with van der Waals surface area (Å²) in [6.45, 7) is 6.03. The second kappa shape index (κ2) is 7.84. The lowest BCUT2D eigenvalue weighted by Gasteiger charge is -2.20. The molecular weight excluding hydrogens is 402 g/mol. The molecule has 1 atom stereocenters. The predicted octanol–water partition coefficient (Wildman–Crippen LogP) is 4.97. The molecule has 30 heavy (non-hydrogen) atoms. The molecule has 0 aliphatic carbocycles. The van der Waals surface area contributed by atoms with Crippen molar-refractivity contribution in [2.24, 2.45) is 0 Å². The fraction of sp³-hybridized carbons (Fsp3) is 0.227. The first-order valence-electron chi connectivity index (χ1n) is 9.58. The van der Waals surface area contributed by atoms with Crippen LogP contribution in [0.1, 0.15) is 47.2 Å². The number of pyridine rings is 2. The molecule has 3 aromatic heterocycles. The lowest BCUT2D eigenvalue weighted by molar-refractivity contribution is 0.0691. The van der Waals surface area contributed by atoms with Crippen LogP contribution in [0.3, 0.4) is 0 Å². The summed E-state index contributed by atoms with van der Waals surface area (Å²) in [5.74, 6) is -1.14. The van der Waals surface area contributed by atoms with Crippen LogP contribution in [-0.4, -0.2) is 31.0 Å². The molecule has 7 nitrogen and oxygen atoms in total. The van der Waals surface area contributed by atoms with Crippen LogP contribution in [0.2, 0.25) is 5.15 Å². The minimum atomic E-state index is -1.14. The van der Waals surface area contributed by atoms with E-state index in [2.05, 4.69) is 39.3 Å².